The Hall–Kier alpha value is 0.774. The average Bonchev–Trinajstić information content (AvgIpc) is 1.96. The molecule has 0 heterocycles. The first kappa shape index (κ1) is 10.8. The number of allylic oxidation sites excluding steroid dienone is 4. The van der Waals surface area contributed by atoms with Gasteiger partial charge in [0, 0.05) is 21.7 Å². The molecule has 0 saturated carbocycles. The minimum atomic E-state index is -0.722. The van der Waals surface area contributed by atoms with Crippen LogP contribution in [0.25, 0.3) is 0 Å². The Labute approximate surface area is 86.2 Å². The zero-order valence-electron chi connectivity index (χ0n) is 5.91. The SMILES string of the molecule is CC1=CC=C(C)C1(Cl)Cl.[Ti]. The van der Waals surface area contributed by atoms with Gasteiger partial charge in [0.05, 0.1) is 0 Å². The van der Waals surface area contributed by atoms with Gasteiger partial charge in [0.25, 0.3) is 0 Å². The van der Waals surface area contributed by atoms with Crippen LogP contribution in [0.2, 0.25) is 0 Å². The summed E-state index contributed by atoms with van der Waals surface area (Å²) in [4.78, 5) is 0. The third kappa shape index (κ3) is 1.68. The molecule has 1 aliphatic rings. The molecule has 0 aromatic carbocycles. The van der Waals surface area contributed by atoms with Crippen molar-refractivity contribution in [2.24, 2.45) is 0 Å². The zero-order chi connectivity index (χ0) is 7.07. The van der Waals surface area contributed by atoms with Gasteiger partial charge in [0.2, 0.25) is 0 Å². The summed E-state index contributed by atoms with van der Waals surface area (Å²) in [6, 6.07) is 0. The van der Waals surface area contributed by atoms with Crippen molar-refractivity contribution < 1.29 is 21.7 Å². The Morgan fingerprint density at radius 2 is 1.40 bits per heavy atom. The first-order chi connectivity index (χ1) is 4.05. The summed E-state index contributed by atoms with van der Waals surface area (Å²) in [5.74, 6) is 0. The van der Waals surface area contributed by atoms with E-state index in [0.29, 0.717) is 0 Å². The van der Waals surface area contributed by atoms with Gasteiger partial charge in [-0.3, -0.25) is 0 Å². The third-order valence-corrected chi connectivity index (χ3v) is 2.77. The molecule has 10 heavy (non-hydrogen) atoms. The van der Waals surface area contributed by atoms with E-state index in [2.05, 4.69) is 0 Å². The standard InChI is InChI=1S/C7H8Cl2.Ti/c1-5-3-4-6(2)7(5,8)9;/h3-4H,1-2H3;. The summed E-state index contributed by atoms with van der Waals surface area (Å²) in [5, 5.41) is 0. The van der Waals surface area contributed by atoms with Crippen molar-refractivity contribution in [2.75, 3.05) is 0 Å². The maximum atomic E-state index is 5.90. The van der Waals surface area contributed by atoms with Crippen LogP contribution in [0.3, 0.4) is 0 Å². The fraction of sp³-hybridized carbons (Fsp3) is 0.429. The number of hydrogen-bond acceptors (Lipinski definition) is 0. The van der Waals surface area contributed by atoms with Gasteiger partial charge < -0.3 is 0 Å². The van der Waals surface area contributed by atoms with Crippen LogP contribution in [-0.2, 0) is 21.7 Å². The second kappa shape index (κ2) is 3.45. The van der Waals surface area contributed by atoms with Gasteiger partial charge in [-0.25, -0.2) is 0 Å². The first-order valence-electron chi connectivity index (χ1n) is 2.79. The van der Waals surface area contributed by atoms with Crippen LogP contribution in [-0.4, -0.2) is 4.33 Å². The Morgan fingerprint density at radius 3 is 1.50 bits per heavy atom. The Balaban J connectivity index is 0.000000810. The van der Waals surface area contributed by atoms with Crippen molar-refractivity contribution in [2.45, 2.75) is 18.2 Å². The summed E-state index contributed by atoms with van der Waals surface area (Å²) in [5.41, 5.74) is 2.01. The molecule has 3 heteroatoms. The van der Waals surface area contributed by atoms with Crippen LogP contribution in [0.5, 0.6) is 0 Å². The molecule has 0 spiro atoms. The van der Waals surface area contributed by atoms with Crippen molar-refractivity contribution >= 4 is 23.2 Å². The molecule has 0 nitrogen and oxygen atoms in total. The van der Waals surface area contributed by atoms with Crippen LogP contribution in [0.1, 0.15) is 13.8 Å². The molecule has 0 amide bonds. The molecule has 1 rings (SSSR count). The van der Waals surface area contributed by atoms with E-state index < -0.39 is 4.33 Å². The van der Waals surface area contributed by atoms with E-state index in [-0.39, 0.29) is 21.7 Å². The second-order valence-electron chi connectivity index (χ2n) is 2.27. The molecule has 0 aromatic rings. The van der Waals surface area contributed by atoms with E-state index in [4.69, 9.17) is 23.2 Å². The molecule has 0 radical (unpaired) electrons. The fourth-order valence-corrected chi connectivity index (χ4v) is 1.02. The summed E-state index contributed by atoms with van der Waals surface area (Å²) in [7, 11) is 0. The molecular weight excluding hydrogens is 203 g/mol. The van der Waals surface area contributed by atoms with Gasteiger partial charge in [-0.2, -0.15) is 0 Å². The van der Waals surface area contributed by atoms with Crippen LogP contribution in [0, 0.1) is 0 Å². The molecule has 0 unspecified atom stereocenters. The smallest absolute Gasteiger partial charge is 0.0917 e. The van der Waals surface area contributed by atoms with Gasteiger partial charge in [-0.1, -0.05) is 35.4 Å². The van der Waals surface area contributed by atoms with Crippen molar-refractivity contribution in [3.8, 4) is 0 Å². The largest absolute Gasteiger partial charge is 0.160 e. The predicted octanol–water partition coefficient (Wildman–Crippen LogP) is 3.06. The summed E-state index contributed by atoms with van der Waals surface area (Å²) >= 11 is 11.8. The normalized spacial score (nSPS) is 21.2. The molecule has 0 aliphatic heterocycles. The maximum Gasteiger partial charge on any atom is 0.160 e. The first-order valence-corrected chi connectivity index (χ1v) is 3.54. The average molecular weight is 211 g/mol. The third-order valence-electron chi connectivity index (χ3n) is 1.57. The predicted molar refractivity (Wildman–Crippen MR) is 42.0 cm³/mol. The minimum absolute atomic E-state index is 0. The van der Waals surface area contributed by atoms with E-state index in [1.807, 2.05) is 26.0 Å². The van der Waals surface area contributed by atoms with E-state index in [1.54, 1.807) is 0 Å². The monoisotopic (exact) mass is 210 g/mol. The fourth-order valence-electron chi connectivity index (χ4n) is 0.770. The van der Waals surface area contributed by atoms with Crippen LogP contribution >= 0.6 is 23.2 Å². The Kier molecular flexibility index (Phi) is 3.71. The number of rotatable bonds is 0. The molecule has 0 fully saturated rings. The molecule has 0 atom stereocenters. The van der Waals surface area contributed by atoms with Gasteiger partial charge in [0.1, 0.15) is 0 Å². The summed E-state index contributed by atoms with van der Waals surface area (Å²) in [6.45, 7) is 3.85. The zero-order valence-corrected chi connectivity index (χ0v) is 8.98. The quantitative estimate of drug-likeness (QED) is 0.426. The molecule has 54 valence electrons. The van der Waals surface area contributed by atoms with Gasteiger partial charge in [-0.15, -0.1) is 0 Å². The Bertz CT molecular complexity index is 172. The molecule has 0 saturated heterocycles. The van der Waals surface area contributed by atoms with E-state index in [0.717, 1.165) is 11.1 Å². The molecule has 0 N–H and O–H groups in total. The van der Waals surface area contributed by atoms with Crippen LogP contribution < -0.4 is 0 Å². The van der Waals surface area contributed by atoms with Gasteiger partial charge in [-0.05, 0) is 25.0 Å². The molecule has 0 aromatic heterocycles. The topological polar surface area (TPSA) is 0 Å². The Morgan fingerprint density at radius 1 is 1.10 bits per heavy atom. The van der Waals surface area contributed by atoms with Crippen molar-refractivity contribution in [3.05, 3.63) is 23.3 Å². The van der Waals surface area contributed by atoms with E-state index in [1.165, 1.54) is 0 Å². The second-order valence-corrected chi connectivity index (χ2v) is 3.60. The van der Waals surface area contributed by atoms with Crippen molar-refractivity contribution in [3.63, 3.8) is 0 Å². The van der Waals surface area contributed by atoms with E-state index in [9.17, 15) is 0 Å². The number of hydrogen-bond donors (Lipinski definition) is 0. The maximum absolute atomic E-state index is 5.90. The van der Waals surface area contributed by atoms with Crippen LogP contribution in [0.15, 0.2) is 23.3 Å². The van der Waals surface area contributed by atoms with Crippen molar-refractivity contribution in [1.82, 2.24) is 0 Å². The minimum Gasteiger partial charge on any atom is -0.0917 e. The summed E-state index contributed by atoms with van der Waals surface area (Å²) in [6.07, 6.45) is 3.88. The van der Waals surface area contributed by atoms with Crippen LogP contribution in [0.4, 0.5) is 0 Å². The number of halogens is 2. The van der Waals surface area contributed by atoms with Crippen molar-refractivity contribution in [1.29, 1.82) is 0 Å². The molecule has 0 bridgehead atoms. The summed E-state index contributed by atoms with van der Waals surface area (Å²) < 4.78 is -0.722. The van der Waals surface area contributed by atoms with Gasteiger partial charge >= 0.3 is 0 Å². The molecule has 1 aliphatic carbocycles. The number of alkyl halides is 2. The van der Waals surface area contributed by atoms with E-state index >= 15 is 0 Å². The van der Waals surface area contributed by atoms with Gasteiger partial charge in [0.15, 0.2) is 4.33 Å². The molecular formula is C7H8Cl2Ti.